The van der Waals surface area contributed by atoms with Gasteiger partial charge in [-0.15, -0.1) is 0 Å². The summed E-state index contributed by atoms with van der Waals surface area (Å²) in [5.41, 5.74) is 0. The Balaban J connectivity index is 2.27. The first-order valence-electron chi connectivity index (χ1n) is 5.71. The summed E-state index contributed by atoms with van der Waals surface area (Å²) in [5, 5.41) is 0. The van der Waals surface area contributed by atoms with E-state index < -0.39 is 8.56 Å². The van der Waals surface area contributed by atoms with Gasteiger partial charge in [0.25, 0.3) is 0 Å². The quantitative estimate of drug-likeness (QED) is 0.681. The molecule has 1 fully saturated rings. The lowest BCUT2D eigenvalue weighted by atomic mass is 9.87. The van der Waals surface area contributed by atoms with E-state index in [1.165, 1.54) is 0 Å². The van der Waals surface area contributed by atoms with Crippen molar-refractivity contribution in [3.63, 3.8) is 0 Å². The highest BCUT2D eigenvalue weighted by Crippen LogP contribution is 2.28. The molecule has 88 valence electrons. The predicted molar refractivity (Wildman–Crippen MR) is 62.0 cm³/mol. The summed E-state index contributed by atoms with van der Waals surface area (Å²) in [4.78, 5) is 11.1. The maximum absolute atomic E-state index is 11.1. The second kappa shape index (κ2) is 5.77. The molecule has 0 bridgehead atoms. The van der Waals surface area contributed by atoms with Gasteiger partial charge >= 0.3 is 8.56 Å². The standard InChI is InChI=1S/C11H22O3Si/c1-13-15(3,14-2)9-8-10-4-6-11(12)7-5-10/h10H,4-9H2,1-3H3. The fourth-order valence-electron chi connectivity index (χ4n) is 2.04. The SMILES string of the molecule is CO[Si](C)(CCC1CCC(=O)CC1)OC. The van der Waals surface area contributed by atoms with Gasteiger partial charge < -0.3 is 8.85 Å². The Bertz CT molecular complexity index is 204. The first-order valence-corrected chi connectivity index (χ1v) is 8.24. The Kier molecular flexibility index (Phi) is 4.95. The summed E-state index contributed by atoms with van der Waals surface area (Å²) in [6.07, 6.45) is 4.84. The maximum Gasteiger partial charge on any atom is 0.334 e. The van der Waals surface area contributed by atoms with Crippen LogP contribution in [0.1, 0.15) is 32.1 Å². The van der Waals surface area contributed by atoms with Crippen LogP contribution in [0.5, 0.6) is 0 Å². The van der Waals surface area contributed by atoms with Gasteiger partial charge in [0.1, 0.15) is 5.78 Å². The summed E-state index contributed by atoms with van der Waals surface area (Å²) in [6, 6.07) is 1.04. The van der Waals surface area contributed by atoms with Gasteiger partial charge in [-0.1, -0.05) is 0 Å². The molecular formula is C11H22O3Si. The van der Waals surface area contributed by atoms with Crippen LogP contribution in [0.15, 0.2) is 0 Å². The van der Waals surface area contributed by atoms with E-state index in [0.29, 0.717) is 11.7 Å². The van der Waals surface area contributed by atoms with E-state index in [9.17, 15) is 4.79 Å². The molecule has 0 saturated heterocycles. The molecule has 1 aliphatic rings. The first kappa shape index (κ1) is 12.9. The smallest absolute Gasteiger partial charge is 0.334 e. The third-order valence-corrected chi connectivity index (χ3v) is 6.46. The van der Waals surface area contributed by atoms with Crippen molar-refractivity contribution in [3.8, 4) is 0 Å². The third-order valence-electron chi connectivity index (χ3n) is 3.53. The molecule has 1 saturated carbocycles. The van der Waals surface area contributed by atoms with E-state index in [-0.39, 0.29) is 0 Å². The molecule has 0 aromatic carbocycles. The monoisotopic (exact) mass is 230 g/mol. The number of Topliss-reactive ketones (excluding diaryl/α,β-unsaturated/α-hetero) is 1. The van der Waals surface area contributed by atoms with Crippen LogP contribution in [0.3, 0.4) is 0 Å². The van der Waals surface area contributed by atoms with E-state index >= 15 is 0 Å². The second-order valence-electron chi connectivity index (χ2n) is 4.56. The Morgan fingerprint density at radius 2 is 1.80 bits per heavy atom. The van der Waals surface area contributed by atoms with E-state index in [1.54, 1.807) is 14.2 Å². The van der Waals surface area contributed by atoms with Gasteiger partial charge in [-0.3, -0.25) is 4.79 Å². The van der Waals surface area contributed by atoms with E-state index in [4.69, 9.17) is 8.85 Å². The lowest BCUT2D eigenvalue weighted by molar-refractivity contribution is -0.121. The summed E-state index contributed by atoms with van der Waals surface area (Å²) < 4.78 is 10.9. The van der Waals surface area contributed by atoms with Crippen molar-refractivity contribution in [3.05, 3.63) is 0 Å². The molecule has 0 aromatic rings. The molecule has 0 aromatic heterocycles. The molecular weight excluding hydrogens is 208 g/mol. The Hall–Kier alpha value is -0.193. The van der Waals surface area contributed by atoms with Crippen LogP contribution < -0.4 is 0 Å². The van der Waals surface area contributed by atoms with Crippen LogP contribution in [0, 0.1) is 5.92 Å². The number of hydrogen-bond donors (Lipinski definition) is 0. The van der Waals surface area contributed by atoms with Crippen molar-refractivity contribution >= 4 is 14.3 Å². The molecule has 1 rings (SSSR count). The maximum atomic E-state index is 11.1. The lowest BCUT2D eigenvalue weighted by Gasteiger charge is -2.26. The van der Waals surface area contributed by atoms with Gasteiger partial charge in [-0.2, -0.15) is 0 Å². The summed E-state index contributed by atoms with van der Waals surface area (Å²) >= 11 is 0. The molecule has 0 atom stereocenters. The summed E-state index contributed by atoms with van der Waals surface area (Å²) in [6.45, 7) is 2.10. The molecule has 3 nitrogen and oxygen atoms in total. The molecule has 0 unspecified atom stereocenters. The van der Waals surface area contributed by atoms with Gasteiger partial charge in [0.2, 0.25) is 0 Å². The van der Waals surface area contributed by atoms with Gasteiger partial charge in [0, 0.05) is 27.1 Å². The van der Waals surface area contributed by atoms with E-state index in [1.807, 2.05) is 0 Å². The van der Waals surface area contributed by atoms with Gasteiger partial charge in [-0.05, 0) is 37.8 Å². The molecule has 15 heavy (non-hydrogen) atoms. The molecule has 0 radical (unpaired) electrons. The van der Waals surface area contributed by atoms with Crippen molar-refractivity contribution in [1.82, 2.24) is 0 Å². The van der Waals surface area contributed by atoms with E-state index in [0.717, 1.165) is 38.1 Å². The Morgan fingerprint density at radius 3 is 2.27 bits per heavy atom. The van der Waals surface area contributed by atoms with Crippen molar-refractivity contribution in [2.75, 3.05) is 14.2 Å². The lowest BCUT2D eigenvalue weighted by Crippen LogP contribution is -2.36. The largest absolute Gasteiger partial charge is 0.398 e. The zero-order valence-corrected chi connectivity index (χ0v) is 11.0. The first-order chi connectivity index (χ1) is 7.09. The highest BCUT2D eigenvalue weighted by Gasteiger charge is 2.30. The molecule has 0 amide bonds. The van der Waals surface area contributed by atoms with E-state index in [2.05, 4.69) is 6.55 Å². The zero-order chi connectivity index (χ0) is 11.3. The number of carbonyl (C=O) groups excluding carboxylic acids is 1. The van der Waals surface area contributed by atoms with Crippen LogP contribution in [0.4, 0.5) is 0 Å². The molecule has 4 heteroatoms. The molecule has 1 aliphatic carbocycles. The fraction of sp³-hybridized carbons (Fsp3) is 0.909. The van der Waals surface area contributed by atoms with Crippen molar-refractivity contribution in [2.45, 2.75) is 44.7 Å². The van der Waals surface area contributed by atoms with Crippen molar-refractivity contribution in [1.29, 1.82) is 0 Å². The molecule has 0 spiro atoms. The number of hydrogen-bond acceptors (Lipinski definition) is 3. The molecule has 0 heterocycles. The number of ketones is 1. The van der Waals surface area contributed by atoms with Gasteiger partial charge in [-0.25, -0.2) is 0 Å². The van der Waals surface area contributed by atoms with Crippen LogP contribution in [0.25, 0.3) is 0 Å². The zero-order valence-electron chi connectivity index (χ0n) is 10.0. The van der Waals surface area contributed by atoms with Gasteiger partial charge in [0.05, 0.1) is 0 Å². The minimum atomic E-state index is -1.88. The van der Waals surface area contributed by atoms with Crippen LogP contribution in [-0.2, 0) is 13.6 Å². The molecule has 0 aliphatic heterocycles. The average Bonchev–Trinajstić information content (AvgIpc) is 2.28. The molecule has 0 N–H and O–H groups in total. The average molecular weight is 230 g/mol. The van der Waals surface area contributed by atoms with Crippen LogP contribution in [0.2, 0.25) is 12.6 Å². The normalized spacial score (nSPS) is 19.5. The predicted octanol–water partition coefficient (Wildman–Crippen LogP) is 2.50. The van der Waals surface area contributed by atoms with Crippen LogP contribution >= 0.6 is 0 Å². The summed E-state index contributed by atoms with van der Waals surface area (Å²) in [5.74, 6) is 1.14. The summed E-state index contributed by atoms with van der Waals surface area (Å²) in [7, 11) is 1.59. The minimum Gasteiger partial charge on any atom is -0.398 e. The number of carbonyl (C=O) groups is 1. The fourth-order valence-corrected chi connectivity index (χ4v) is 3.55. The van der Waals surface area contributed by atoms with Gasteiger partial charge in [0.15, 0.2) is 0 Å². The highest BCUT2D eigenvalue weighted by molar-refractivity contribution is 6.65. The van der Waals surface area contributed by atoms with Crippen LogP contribution in [-0.4, -0.2) is 28.6 Å². The van der Waals surface area contributed by atoms with Crippen molar-refractivity contribution in [2.24, 2.45) is 5.92 Å². The Morgan fingerprint density at radius 1 is 1.27 bits per heavy atom. The number of rotatable bonds is 5. The minimum absolute atomic E-state index is 0.435. The van der Waals surface area contributed by atoms with Crippen molar-refractivity contribution < 1.29 is 13.6 Å². The highest BCUT2D eigenvalue weighted by atomic mass is 28.4. The Labute approximate surface area is 93.4 Å². The topological polar surface area (TPSA) is 35.5 Å². The third kappa shape index (κ3) is 4.05. The second-order valence-corrected chi connectivity index (χ2v) is 8.15.